The SMILES string of the molecule is COC(=O)Nc1cn(CC(=O)Nc2cc(C)ccc2OC)nn1. The van der Waals surface area contributed by atoms with Crippen molar-refractivity contribution < 1.29 is 19.1 Å². The molecular formula is C14H17N5O4. The Hall–Kier alpha value is -3.10. The standard InChI is InChI=1S/C14H17N5O4/c1-9-4-5-11(22-2)10(6-9)15-13(20)8-19-7-12(17-18-19)16-14(21)23-3/h4-7H,8H2,1-3H3,(H,15,20)(H,16,21). The summed E-state index contributed by atoms with van der Waals surface area (Å²) in [5, 5.41) is 12.6. The Morgan fingerprint density at radius 1 is 1.26 bits per heavy atom. The summed E-state index contributed by atoms with van der Waals surface area (Å²) < 4.78 is 10.9. The first-order valence-corrected chi connectivity index (χ1v) is 6.71. The molecule has 1 heterocycles. The monoisotopic (exact) mass is 319 g/mol. The van der Waals surface area contributed by atoms with Crippen molar-refractivity contribution in [2.24, 2.45) is 0 Å². The zero-order chi connectivity index (χ0) is 16.8. The average molecular weight is 319 g/mol. The van der Waals surface area contributed by atoms with E-state index < -0.39 is 6.09 Å². The number of nitrogens with zero attached hydrogens (tertiary/aromatic N) is 3. The van der Waals surface area contributed by atoms with Crippen molar-refractivity contribution >= 4 is 23.5 Å². The van der Waals surface area contributed by atoms with Crippen LogP contribution in [-0.2, 0) is 16.1 Å². The number of hydrogen-bond acceptors (Lipinski definition) is 6. The van der Waals surface area contributed by atoms with Crippen LogP contribution < -0.4 is 15.4 Å². The van der Waals surface area contributed by atoms with Gasteiger partial charge in [-0.05, 0) is 24.6 Å². The molecular weight excluding hydrogens is 302 g/mol. The molecule has 0 aliphatic carbocycles. The number of aryl methyl sites for hydroxylation is 1. The van der Waals surface area contributed by atoms with E-state index in [2.05, 4.69) is 25.7 Å². The summed E-state index contributed by atoms with van der Waals surface area (Å²) in [6.45, 7) is 1.85. The third-order valence-corrected chi connectivity index (χ3v) is 2.89. The zero-order valence-corrected chi connectivity index (χ0v) is 13.0. The molecule has 9 nitrogen and oxygen atoms in total. The van der Waals surface area contributed by atoms with Gasteiger partial charge in [-0.2, -0.15) is 0 Å². The van der Waals surface area contributed by atoms with Gasteiger partial charge in [-0.3, -0.25) is 10.1 Å². The molecule has 1 aromatic heterocycles. The van der Waals surface area contributed by atoms with Gasteiger partial charge in [-0.1, -0.05) is 11.3 Å². The molecule has 0 bridgehead atoms. The maximum Gasteiger partial charge on any atom is 0.412 e. The van der Waals surface area contributed by atoms with Crippen LogP contribution in [0.4, 0.5) is 16.3 Å². The highest BCUT2D eigenvalue weighted by Crippen LogP contribution is 2.25. The molecule has 2 N–H and O–H groups in total. The van der Waals surface area contributed by atoms with Crippen molar-refractivity contribution in [3.8, 4) is 5.75 Å². The summed E-state index contributed by atoms with van der Waals surface area (Å²) in [5.74, 6) is 0.455. The van der Waals surface area contributed by atoms with E-state index in [-0.39, 0.29) is 18.3 Å². The first kappa shape index (κ1) is 16.3. The maximum atomic E-state index is 12.1. The van der Waals surface area contributed by atoms with E-state index in [0.717, 1.165) is 5.56 Å². The third-order valence-electron chi connectivity index (χ3n) is 2.89. The van der Waals surface area contributed by atoms with Crippen LogP contribution in [0.5, 0.6) is 5.75 Å². The molecule has 1 aromatic carbocycles. The minimum atomic E-state index is -0.661. The molecule has 0 spiro atoms. The highest BCUT2D eigenvalue weighted by Gasteiger charge is 2.11. The molecule has 0 saturated heterocycles. The molecule has 9 heteroatoms. The summed E-state index contributed by atoms with van der Waals surface area (Å²) in [7, 11) is 2.77. The van der Waals surface area contributed by atoms with E-state index in [1.807, 2.05) is 19.1 Å². The molecule has 2 amide bonds. The number of anilines is 2. The van der Waals surface area contributed by atoms with Crippen LogP contribution in [0.25, 0.3) is 0 Å². The lowest BCUT2D eigenvalue weighted by Crippen LogP contribution is -2.19. The topological polar surface area (TPSA) is 107 Å². The lowest BCUT2D eigenvalue weighted by molar-refractivity contribution is -0.116. The van der Waals surface area contributed by atoms with Crippen LogP contribution in [0.2, 0.25) is 0 Å². The molecule has 122 valence electrons. The number of aromatic nitrogens is 3. The maximum absolute atomic E-state index is 12.1. The van der Waals surface area contributed by atoms with Crippen LogP contribution in [0, 0.1) is 6.92 Å². The molecule has 0 aliphatic rings. The van der Waals surface area contributed by atoms with Gasteiger partial charge in [0.1, 0.15) is 12.3 Å². The Morgan fingerprint density at radius 2 is 2.04 bits per heavy atom. The second kappa shape index (κ2) is 7.25. The van der Waals surface area contributed by atoms with E-state index in [4.69, 9.17) is 4.74 Å². The van der Waals surface area contributed by atoms with Crippen molar-refractivity contribution in [1.29, 1.82) is 0 Å². The zero-order valence-electron chi connectivity index (χ0n) is 13.0. The van der Waals surface area contributed by atoms with Crippen LogP contribution in [0.3, 0.4) is 0 Å². The predicted octanol–water partition coefficient (Wildman–Crippen LogP) is 1.41. The van der Waals surface area contributed by atoms with Crippen molar-refractivity contribution in [1.82, 2.24) is 15.0 Å². The summed E-state index contributed by atoms with van der Waals surface area (Å²) in [6, 6.07) is 5.47. The molecule has 2 aromatic rings. The summed E-state index contributed by atoms with van der Waals surface area (Å²) >= 11 is 0. The lowest BCUT2D eigenvalue weighted by atomic mass is 10.2. The second-order valence-corrected chi connectivity index (χ2v) is 4.67. The number of hydrogen-bond donors (Lipinski definition) is 2. The molecule has 0 aliphatic heterocycles. The Morgan fingerprint density at radius 3 is 2.74 bits per heavy atom. The number of methoxy groups -OCH3 is 2. The van der Waals surface area contributed by atoms with Crippen molar-refractivity contribution in [2.45, 2.75) is 13.5 Å². The number of ether oxygens (including phenoxy) is 2. The lowest BCUT2D eigenvalue weighted by Gasteiger charge is -2.10. The fourth-order valence-corrected chi connectivity index (χ4v) is 1.84. The van der Waals surface area contributed by atoms with Gasteiger partial charge < -0.3 is 14.8 Å². The van der Waals surface area contributed by atoms with Gasteiger partial charge in [0, 0.05) is 0 Å². The van der Waals surface area contributed by atoms with Crippen LogP contribution in [-0.4, -0.2) is 41.2 Å². The first-order valence-electron chi connectivity index (χ1n) is 6.71. The predicted molar refractivity (Wildman–Crippen MR) is 82.4 cm³/mol. The summed E-state index contributed by atoms with van der Waals surface area (Å²) in [4.78, 5) is 23.1. The smallest absolute Gasteiger partial charge is 0.412 e. The molecule has 2 rings (SSSR count). The Kier molecular flexibility index (Phi) is 5.13. The van der Waals surface area contributed by atoms with Gasteiger partial charge in [0.2, 0.25) is 5.91 Å². The number of nitrogens with one attached hydrogen (secondary N) is 2. The van der Waals surface area contributed by atoms with Crippen molar-refractivity contribution in [3.05, 3.63) is 30.0 Å². The summed E-state index contributed by atoms with van der Waals surface area (Å²) in [6.07, 6.45) is 0.759. The quantitative estimate of drug-likeness (QED) is 0.863. The minimum absolute atomic E-state index is 0.0626. The molecule has 23 heavy (non-hydrogen) atoms. The minimum Gasteiger partial charge on any atom is -0.495 e. The highest BCUT2D eigenvalue weighted by atomic mass is 16.5. The van der Waals surface area contributed by atoms with E-state index in [1.165, 1.54) is 25.1 Å². The normalized spacial score (nSPS) is 10.0. The van der Waals surface area contributed by atoms with Crippen LogP contribution >= 0.6 is 0 Å². The van der Waals surface area contributed by atoms with Gasteiger partial charge >= 0.3 is 6.09 Å². The van der Waals surface area contributed by atoms with Crippen LogP contribution in [0.15, 0.2) is 24.4 Å². The molecule has 0 fully saturated rings. The number of carbonyl (C=O) groups excluding carboxylic acids is 2. The average Bonchev–Trinajstić information content (AvgIpc) is 2.94. The molecule has 0 atom stereocenters. The van der Waals surface area contributed by atoms with E-state index >= 15 is 0 Å². The second-order valence-electron chi connectivity index (χ2n) is 4.67. The largest absolute Gasteiger partial charge is 0.495 e. The molecule has 0 radical (unpaired) electrons. The van der Waals surface area contributed by atoms with Gasteiger partial charge in [0.15, 0.2) is 5.82 Å². The first-order chi connectivity index (χ1) is 11.0. The van der Waals surface area contributed by atoms with Gasteiger partial charge in [-0.25, -0.2) is 9.48 Å². The number of rotatable bonds is 5. The Balaban J connectivity index is 2.00. The van der Waals surface area contributed by atoms with Crippen LogP contribution in [0.1, 0.15) is 5.56 Å². The third kappa shape index (κ3) is 4.43. The molecule has 0 saturated carbocycles. The van der Waals surface area contributed by atoms with E-state index in [9.17, 15) is 9.59 Å². The number of benzene rings is 1. The van der Waals surface area contributed by atoms with Gasteiger partial charge in [0.25, 0.3) is 0 Å². The van der Waals surface area contributed by atoms with Gasteiger partial charge in [0.05, 0.1) is 26.1 Å². The highest BCUT2D eigenvalue weighted by molar-refractivity contribution is 5.92. The Bertz CT molecular complexity index is 713. The van der Waals surface area contributed by atoms with Gasteiger partial charge in [-0.15, -0.1) is 5.10 Å². The van der Waals surface area contributed by atoms with E-state index in [1.54, 1.807) is 6.07 Å². The summed E-state index contributed by atoms with van der Waals surface area (Å²) in [5.41, 5.74) is 1.57. The fraction of sp³-hybridized carbons (Fsp3) is 0.286. The van der Waals surface area contributed by atoms with Crippen molar-refractivity contribution in [2.75, 3.05) is 24.9 Å². The van der Waals surface area contributed by atoms with Crippen molar-refractivity contribution in [3.63, 3.8) is 0 Å². The number of amides is 2. The fourth-order valence-electron chi connectivity index (χ4n) is 1.84. The Labute approximate surface area is 132 Å². The molecule has 0 unspecified atom stereocenters. The number of carbonyl (C=O) groups is 2. The van der Waals surface area contributed by atoms with E-state index in [0.29, 0.717) is 11.4 Å².